The maximum absolute atomic E-state index is 3.62. The fourth-order valence-corrected chi connectivity index (χ4v) is 2.82. The normalized spacial score (nSPS) is 22.6. The van der Waals surface area contributed by atoms with Crippen molar-refractivity contribution in [3.05, 3.63) is 40.4 Å². The molecule has 0 spiro atoms. The average molecular weight is 294 g/mol. The van der Waals surface area contributed by atoms with E-state index < -0.39 is 0 Å². The number of benzene rings is 1. The zero-order valence-electron chi connectivity index (χ0n) is 10.4. The van der Waals surface area contributed by atoms with Gasteiger partial charge in [0.25, 0.3) is 0 Å². The fraction of sp³-hybridized carbons (Fsp3) is 0.467. The van der Waals surface area contributed by atoms with Crippen LogP contribution in [0.5, 0.6) is 0 Å². The SMILES string of the molecule is Cc1ccc(NC2/C=C/CCCCC2)c(Br)c1. The van der Waals surface area contributed by atoms with E-state index in [9.17, 15) is 0 Å². The van der Waals surface area contributed by atoms with E-state index in [1.807, 2.05) is 0 Å². The third kappa shape index (κ3) is 3.88. The van der Waals surface area contributed by atoms with Gasteiger partial charge in [-0.15, -0.1) is 0 Å². The lowest BCUT2D eigenvalue weighted by Crippen LogP contribution is -2.17. The van der Waals surface area contributed by atoms with Gasteiger partial charge in [0.05, 0.1) is 0 Å². The summed E-state index contributed by atoms with van der Waals surface area (Å²) in [7, 11) is 0. The van der Waals surface area contributed by atoms with Gasteiger partial charge in [-0.2, -0.15) is 0 Å². The van der Waals surface area contributed by atoms with Gasteiger partial charge in [0.1, 0.15) is 0 Å². The van der Waals surface area contributed by atoms with E-state index in [2.05, 4.69) is 58.5 Å². The summed E-state index contributed by atoms with van der Waals surface area (Å²) in [4.78, 5) is 0. The molecule has 0 saturated heterocycles. The van der Waals surface area contributed by atoms with Gasteiger partial charge in [0.15, 0.2) is 0 Å². The molecule has 92 valence electrons. The summed E-state index contributed by atoms with van der Waals surface area (Å²) in [6, 6.07) is 6.95. The predicted molar refractivity (Wildman–Crippen MR) is 78.5 cm³/mol. The molecule has 0 fully saturated rings. The third-order valence-electron chi connectivity index (χ3n) is 3.22. The van der Waals surface area contributed by atoms with Gasteiger partial charge in [-0.25, -0.2) is 0 Å². The predicted octanol–water partition coefficient (Wildman–Crippen LogP) is 5.06. The summed E-state index contributed by atoms with van der Waals surface area (Å²) in [6.45, 7) is 2.12. The number of halogens is 1. The first kappa shape index (κ1) is 12.7. The minimum absolute atomic E-state index is 0.481. The molecule has 0 aliphatic heterocycles. The smallest absolute Gasteiger partial charge is 0.0489 e. The topological polar surface area (TPSA) is 12.0 Å². The maximum atomic E-state index is 3.62. The van der Waals surface area contributed by atoms with Crippen molar-refractivity contribution in [2.24, 2.45) is 0 Å². The van der Waals surface area contributed by atoms with Gasteiger partial charge in [-0.1, -0.05) is 31.1 Å². The third-order valence-corrected chi connectivity index (χ3v) is 3.88. The molecule has 0 saturated carbocycles. The Bertz CT molecular complexity index is 398. The van der Waals surface area contributed by atoms with E-state index in [-0.39, 0.29) is 0 Å². The second-order valence-electron chi connectivity index (χ2n) is 4.80. The highest BCUT2D eigenvalue weighted by Gasteiger charge is 2.08. The van der Waals surface area contributed by atoms with E-state index in [1.165, 1.54) is 43.4 Å². The van der Waals surface area contributed by atoms with Crippen molar-refractivity contribution in [3.8, 4) is 0 Å². The number of allylic oxidation sites excluding steroid dienone is 1. The Morgan fingerprint density at radius 2 is 2.12 bits per heavy atom. The zero-order valence-corrected chi connectivity index (χ0v) is 12.0. The van der Waals surface area contributed by atoms with Gasteiger partial charge in [0, 0.05) is 16.2 Å². The van der Waals surface area contributed by atoms with Crippen molar-refractivity contribution < 1.29 is 0 Å². The molecule has 1 nitrogen and oxygen atoms in total. The molecule has 1 N–H and O–H groups in total. The number of hydrogen-bond acceptors (Lipinski definition) is 1. The number of anilines is 1. The second-order valence-corrected chi connectivity index (χ2v) is 5.65. The summed E-state index contributed by atoms with van der Waals surface area (Å²) >= 11 is 3.62. The molecule has 1 aromatic rings. The van der Waals surface area contributed by atoms with Crippen molar-refractivity contribution in [1.29, 1.82) is 0 Å². The lowest BCUT2D eigenvalue weighted by atomic mass is 10.0. The molecule has 0 heterocycles. The van der Waals surface area contributed by atoms with Gasteiger partial charge in [0.2, 0.25) is 0 Å². The highest BCUT2D eigenvalue weighted by atomic mass is 79.9. The van der Waals surface area contributed by atoms with E-state index >= 15 is 0 Å². The number of hydrogen-bond donors (Lipinski definition) is 1. The Balaban J connectivity index is 2.05. The van der Waals surface area contributed by atoms with Crippen molar-refractivity contribution in [2.75, 3.05) is 5.32 Å². The molecular formula is C15H20BrN. The summed E-state index contributed by atoms with van der Waals surface area (Å²) in [5.74, 6) is 0. The molecule has 2 rings (SSSR count). The Kier molecular flexibility index (Phi) is 4.66. The second kappa shape index (κ2) is 6.25. The lowest BCUT2D eigenvalue weighted by Gasteiger charge is -2.19. The first-order chi connectivity index (χ1) is 8.25. The van der Waals surface area contributed by atoms with Gasteiger partial charge in [-0.3, -0.25) is 0 Å². The van der Waals surface area contributed by atoms with Crippen LogP contribution in [0, 0.1) is 6.92 Å². The minimum Gasteiger partial charge on any atom is -0.378 e. The van der Waals surface area contributed by atoms with Crippen molar-refractivity contribution in [3.63, 3.8) is 0 Å². The fourth-order valence-electron chi connectivity index (χ4n) is 2.22. The summed E-state index contributed by atoms with van der Waals surface area (Å²) < 4.78 is 1.16. The molecule has 1 aliphatic rings. The Hall–Kier alpha value is -0.760. The molecule has 1 aliphatic carbocycles. The van der Waals surface area contributed by atoms with Crippen LogP contribution in [0.25, 0.3) is 0 Å². The summed E-state index contributed by atoms with van der Waals surface area (Å²) in [6.07, 6.45) is 11.1. The molecule has 2 heteroatoms. The molecule has 1 aromatic carbocycles. The molecule has 0 amide bonds. The first-order valence-corrected chi connectivity index (χ1v) is 7.24. The van der Waals surface area contributed by atoms with E-state index in [0.29, 0.717) is 6.04 Å². The molecule has 1 unspecified atom stereocenters. The molecule has 1 atom stereocenters. The van der Waals surface area contributed by atoms with E-state index in [1.54, 1.807) is 0 Å². The van der Waals surface area contributed by atoms with Crippen LogP contribution in [0.3, 0.4) is 0 Å². The Morgan fingerprint density at radius 1 is 1.24 bits per heavy atom. The lowest BCUT2D eigenvalue weighted by molar-refractivity contribution is 0.610. The summed E-state index contributed by atoms with van der Waals surface area (Å²) in [5.41, 5.74) is 2.49. The summed E-state index contributed by atoms with van der Waals surface area (Å²) in [5, 5.41) is 3.61. The minimum atomic E-state index is 0.481. The molecule has 0 radical (unpaired) electrons. The van der Waals surface area contributed by atoms with Crippen LogP contribution < -0.4 is 5.32 Å². The standard InChI is InChI=1S/C15H20BrN/c1-12-9-10-15(14(16)11-12)17-13-7-5-3-2-4-6-8-13/h5,7,9-11,13,17H,2-4,6,8H2,1H3/b7-5+. The van der Waals surface area contributed by atoms with Crippen LogP contribution >= 0.6 is 15.9 Å². The van der Waals surface area contributed by atoms with Crippen LogP contribution in [-0.4, -0.2) is 6.04 Å². The van der Waals surface area contributed by atoms with Crippen LogP contribution in [0.15, 0.2) is 34.8 Å². The number of nitrogens with one attached hydrogen (secondary N) is 1. The monoisotopic (exact) mass is 293 g/mol. The molecule has 0 bridgehead atoms. The van der Waals surface area contributed by atoms with Crippen molar-refractivity contribution in [1.82, 2.24) is 0 Å². The molecular weight excluding hydrogens is 274 g/mol. The maximum Gasteiger partial charge on any atom is 0.0489 e. The zero-order chi connectivity index (χ0) is 12.1. The van der Waals surface area contributed by atoms with Crippen LogP contribution in [0.1, 0.15) is 37.7 Å². The van der Waals surface area contributed by atoms with Crippen molar-refractivity contribution >= 4 is 21.6 Å². The molecule has 17 heavy (non-hydrogen) atoms. The quantitative estimate of drug-likeness (QED) is 0.752. The van der Waals surface area contributed by atoms with E-state index in [0.717, 1.165) is 4.47 Å². The number of aryl methyl sites for hydroxylation is 1. The van der Waals surface area contributed by atoms with Crippen LogP contribution in [-0.2, 0) is 0 Å². The van der Waals surface area contributed by atoms with Gasteiger partial charge in [-0.05, 0) is 59.8 Å². The highest BCUT2D eigenvalue weighted by molar-refractivity contribution is 9.10. The van der Waals surface area contributed by atoms with Gasteiger partial charge >= 0.3 is 0 Å². The van der Waals surface area contributed by atoms with Gasteiger partial charge < -0.3 is 5.32 Å². The Labute approximate surface area is 112 Å². The highest BCUT2D eigenvalue weighted by Crippen LogP contribution is 2.25. The average Bonchev–Trinajstić information content (AvgIpc) is 2.25. The molecule has 0 aromatic heterocycles. The van der Waals surface area contributed by atoms with Crippen molar-refractivity contribution in [2.45, 2.75) is 45.1 Å². The first-order valence-electron chi connectivity index (χ1n) is 6.45. The number of rotatable bonds is 2. The largest absolute Gasteiger partial charge is 0.378 e. The van der Waals surface area contributed by atoms with E-state index in [4.69, 9.17) is 0 Å². The van der Waals surface area contributed by atoms with Crippen LogP contribution in [0.2, 0.25) is 0 Å². The Morgan fingerprint density at radius 3 is 2.94 bits per heavy atom. The van der Waals surface area contributed by atoms with Crippen LogP contribution in [0.4, 0.5) is 5.69 Å².